The number of imidazole rings is 1. The smallest absolute Gasteiger partial charge is 0.350 e. The molecule has 0 spiro atoms. The average molecular weight is 340 g/mol. The summed E-state index contributed by atoms with van der Waals surface area (Å²) in [7, 11) is 0. The van der Waals surface area contributed by atoms with Crippen LogP contribution in [0, 0.1) is 5.92 Å². The third kappa shape index (κ3) is 3.66. The first-order valence-electron chi connectivity index (χ1n) is 7.37. The van der Waals surface area contributed by atoms with Crippen molar-refractivity contribution in [1.29, 1.82) is 0 Å². The summed E-state index contributed by atoms with van der Waals surface area (Å²) in [4.78, 5) is 28.7. The van der Waals surface area contributed by atoms with Crippen molar-refractivity contribution in [1.82, 2.24) is 19.6 Å². The Balaban J connectivity index is 1.56. The van der Waals surface area contributed by atoms with Crippen molar-refractivity contribution in [3.8, 4) is 0 Å². The van der Waals surface area contributed by atoms with E-state index in [2.05, 4.69) is 10.3 Å². The molecule has 3 heterocycles. The number of hydrogen-bond acceptors (Lipinski definition) is 3. The van der Waals surface area contributed by atoms with Gasteiger partial charge in [-0.2, -0.15) is 13.2 Å². The lowest BCUT2D eigenvalue weighted by Gasteiger charge is -2.18. The number of carbonyl (C=O) groups is 2. The van der Waals surface area contributed by atoms with Crippen molar-refractivity contribution in [2.45, 2.75) is 19.1 Å². The molecule has 0 aliphatic carbocycles. The number of alkyl halides is 3. The van der Waals surface area contributed by atoms with Crippen LogP contribution in [0.25, 0.3) is 5.65 Å². The van der Waals surface area contributed by atoms with Crippen molar-refractivity contribution in [2.75, 3.05) is 13.1 Å². The number of rotatable bonds is 4. The van der Waals surface area contributed by atoms with Gasteiger partial charge < -0.3 is 14.6 Å². The molecule has 24 heavy (non-hydrogen) atoms. The molecule has 9 heteroatoms. The molecule has 3 rings (SSSR count). The van der Waals surface area contributed by atoms with E-state index in [1.807, 2.05) is 24.4 Å². The highest BCUT2D eigenvalue weighted by molar-refractivity contribution is 5.89. The van der Waals surface area contributed by atoms with Gasteiger partial charge in [0.15, 0.2) is 0 Å². The van der Waals surface area contributed by atoms with Gasteiger partial charge in [-0.15, -0.1) is 0 Å². The summed E-state index contributed by atoms with van der Waals surface area (Å²) in [6, 6.07) is 5.50. The molecule has 128 valence electrons. The van der Waals surface area contributed by atoms with Gasteiger partial charge in [0.05, 0.1) is 18.2 Å². The number of likely N-dealkylation sites (tertiary alicyclic amines) is 1. The first-order chi connectivity index (χ1) is 11.3. The lowest BCUT2D eigenvalue weighted by Crippen LogP contribution is -2.37. The van der Waals surface area contributed by atoms with E-state index in [9.17, 15) is 22.8 Å². The van der Waals surface area contributed by atoms with Crippen LogP contribution in [0.1, 0.15) is 12.1 Å². The lowest BCUT2D eigenvalue weighted by molar-refractivity contribution is -0.157. The summed E-state index contributed by atoms with van der Waals surface area (Å²) in [6.07, 6.45) is -1.09. The fourth-order valence-electron chi connectivity index (χ4n) is 2.71. The standard InChI is InChI=1S/C15H15F3N4O2/c16-15(17,18)9-22-7-10(5-13(22)23)14(24)19-6-11-8-21-4-2-1-3-12(21)20-11/h1-4,8,10H,5-7,9H2,(H,19,24)/t10-/m1/s1. The molecule has 1 aliphatic heterocycles. The first kappa shape index (κ1) is 16.3. The number of pyridine rings is 1. The molecule has 0 unspecified atom stereocenters. The molecule has 0 bridgehead atoms. The van der Waals surface area contributed by atoms with E-state index in [1.165, 1.54) is 0 Å². The monoisotopic (exact) mass is 340 g/mol. The van der Waals surface area contributed by atoms with Crippen LogP contribution in [0.5, 0.6) is 0 Å². The minimum Gasteiger partial charge on any atom is -0.350 e. The molecule has 1 fully saturated rings. The Morgan fingerprint density at radius 1 is 1.38 bits per heavy atom. The maximum absolute atomic E-state index is 12.4. The van der Waals surface area contributed by atoms with E-state index < -0.39 is 30.5 Å². The Morgan fingerprint density at radius 2 is 2.17 bits per heavy atom. The van der Waals surface area contributed by atoms with Crippen LogP contribution in [0.15, 0.2) is 30.6 Å². The molecule has 0 saturated carbocycles. The summed E-state index contributed by atoms with van der Waals surface area (Å²) in [6.45, 7) is -1.37. The Labute approximate surface area is 135 Å². The highest BCUT2D eigenvalue weighted by Gasteiger charge is 2.40. The van der Waals surface area contributed by atoms with E-state index in [1.54, 1.807) is 10.6 Å². The van der Waals surface area contributed by atoms with Crippen LogP contribution >= 0.6 is 0 Å². The zero-order chi connectivity index (χ0) is 17.3. The average Bonchev–Trinajstić information content (AvgIpc) is 3.07. The third-order valence-electron chi connectivity index (χ3n) is 3.81. The zero-order valence-corrected chi connectivity index (χ0v) is 12.6. The minimum atomic E-state index is -4.46. The molecule has 0 radical (unpaired) electrons. The van der Waals surface area contributed by atoms with Crippen LogP contribution in [0.2, 0.25) is 0 Å². The molecule has 6 nitrogen and oxygen atoms in total. The van der Waals surface area contributed by atoms with Gasteiger partial charge in [-0.1, -0.05) is 6.07 Å². The predicted molar refractivity (Wildman–Crippen MR) is 77.8 cm³/mol. The van der Waals surface area contributed by atoms with Crippen molar-refractivity contribution >= 4 is 17.5 Å². The van der Waals surface area contributed by atoms with Crippen LogP contribution < -0.4 is 5.32 Å². The molecular weight excluding hydrogens is 325 g/mol. The second-order valence-corrected chi connectivity index (χ2v) is 5.71. The Morgan fingerprint density at radius 3 is 2.88 bits per heavy atom. The fourth-order valence-corrected chi connectivity index (χ4v) is 2.71. The maximum atomic E-state index is 12.4. The molecule has 2 aromatic rings. The highest BCUT2D eigenvalue weighted by Crippen LogP contribution is 2.24. The first-order valence-corrected chi connectivity index (χ1v) is 7.37. The molecule has 2 aromatic heterocycles. The molecule has 2 amide bonds. The third-order valence-corrected chi connectivity index (χ3v) is 3.81. The van der Waals surface area contributed by atoms with Crippen molar-refractivity contribution in [2.24, 2.45) is 5.92 Å². The largest absolute Gasteiger partial charge is 0.406 e. The highest BCUT2D eigenvalue weighted by atomic mass is 19.4. The molecule has 1 aliphatic rings. The normalized spacial score (nSPS) is 18.4. The quantitative estimate of drug-likeness (QED) is 0.914. The van der Waals surface area contributed by atoms with Gasteiger partial charge in [0.2, 0.25) is 11.8 Å². The SMILES string of the molecule is O=C(NCc1cn2ccccc2n1)[C@@H]1CC(=O)N(CC(F)(F)F)C1. The fraction of sp³-hybridized carbons (Fsp3) is 0.400. The van der Waals surface area contributed by atoms with Crippen LogP contribution in [-0.4, -0.2) is 45.4 Å². The number of nitrogens with zero attached hydrogens (tertiary/aromatic N) is 3. The van der Waals surface area contributed by atoms with Crippen molar-refractivity contribution < 1.29 is 22.8 Å². The van der Waals surface area contributed by atoms with Crippen LogP contribution in [-0.2, 0) is 16.1 Å². The lowest BCUT2D eigenvalue weighted by atomic mass is 10.1. The summed E-state index contributed by atoms with van der Waals surface area (Å²) in [5.41, 5.74) is 1.36. The topological polar surface area (TPSA) is 66.7 Å². The number of hydrogen-bond donors (Lipinski definition) is 1. The summed E-state index contributed by atoms with van der Waals surface area (Å²) >= 11 is 0. The summed E-state index contributed by atoms with van der Waals surface area (Å²) in [5.74, 6) is -1.86. The van der Waals surface area contributed by atoms with Gasteiger partial charge >= 0.3 is 6.18 Å². The zero-order valence-electron chi connectivity index (χ0n) is 12.6. The number of amides is 2. The van der Waals surface area contributed by atoms with Gasteiger partial charge in [-0.25, -0.2) is 4.98 Å². The molecular formula is C15H15F3N4O2. The minimum absolute atomic E-state index is 0.157. The van der Waals surface area contributed by atoms with E-state index in [0.717, 1.165) is 5.65 Å². The molecule has 1 saturated heterocycles. The van der Waals surface area contributed by atoms with Crippen molar-refractivity contribution in [3.63, 3.8) is 0 Å². The number of carbonyl (C=O) groups excluding carboxylic acids is 2. The van der Waals surface area contributed by atoms with E-state index >= 15 is 0 Å². The molecule has 1 N–H and O–H groups in total. The van der Waals surface area contributed by atoms with Gasteiger partial charge in [-0.05, 0) is 12.1 Å². The van der Waals surface area contributed by atoms with Gasteiger partial charge in [0, 0.05) is 25.4 Å². The van der Waals surface area contributed by atoms with E-state index in [-0.39, 0.29) is 19.5 Å². The van der Waals surface area contributed by atoms with E-state index in [0.29, 0.717) is 10.6 Å². The Hall–Kier alpha value is -2.58. The second-order valence-electron chi connectivity index (χ2n) is 5.71. The summed E-state index contributed by atoms with van der Waals surface area (Å²) in [5, 5.41) is 2.63. The Bertz CT molecular complexity index is 738. The summed E-state index contributed by atoms with van der Waals surface area (Å²) < 4.78 is 38.9. The number of nitrogens with one attached hydrogen (secondary N) is 1. The predicted octanol–water partition coefficient (Wildman–Crippen LogP) is 1.36. The number of fused-ring (bicyclic) bond motifs is 1. The van der Waals surface area contributed by atoms with E-state index in [4.69, 9.17) is 0 Å². The maximum Gasteiger partial charge on any atom is 0.406 e. The molecule has 0 aromatic carbocycles. The Kier molecular flexibility index (Phi) is 4.16. The van der Waals surface area contributed by atoms with Crippen LogP contribution in [0.3, 0.4) is 0 Å². The molecule has 1 atom stereocenters. The number of halogens is 3. The van der Waals surface area contributed by atoms with Crippen LogP contribution in [0.4, 0.5) is 13.2 Å². The second kappa shape index (κ2) is 6.14. The van der Waals surface area contributed by atoms with Gasteiger partial charge in [-0.3, -0.25) is 9.59 Å². The number of aromatic nitrogens is 2. The van der Waals surface area contributed by atoms with Crippen molar-refractivity contribution in [3.05, 3.63) is 36.3 Å². The van der Waals surface area contributed by atoms with Gasteiger partial charge in [0.25, 0.3) is 0 Å². The van der Waals surface area contributed by atoms with Gasteiger partial charge in [0.1, 0.15) is 12.2 Å².